The van der Waals surface area contributed by atoms with Crippen molar-refractivity contribution in [1.29, 1.82) is 0 Å². The highest BCUT2D eigenvalue weighted by atomic mass is 35.5. The molecule has 76 valence electrons. The van der Waals surface area contributed by atoms with E-state index in [4.69, 9.17) is 5.11 Å². The van der Waals surface area contributed by atoms with E-state index < -0.39 is 4.92 Å². The Labute approximate surface area is 87.4 Å². The van der Waals surface area contributed by atoms with Crippen LogP contribution >= 0.6 is 12.4 Å². The molecule has 0 aliphatic heterocycles. The number of nitrogens with zero attached hydrogens (tertiary/aromatic N) is 1. The van der Waals surface area contributed by atoms with Crippen LogP contribution in [0, 0.1) is 10.1 Å². The molecule has 14 heavy (non-hydrogen) atoms. The number of hydrogen-bond donors (Lipinski definition) is 1. The second kappa shape index (κ2) is 5.99. The molecule has 5 heteroatoms. The van der Waals surface area contributed by atoms with Gasteiger partial charge >= 0.3 is 0 Å². The second-order valence-electron chi connectivity index (χ2n) is 2.52. The summed E-state index contributed by atoms with van der Waals surface area (Å²) < 4.78 is 0. The maximum atomic E-state index is 10.4. The number of aliphatic hydroxyl groups excluding tert-OH is 1. The summed E-state index contributed by atoms with van der Waals surface area (Å²) >= 11 is 0. The smallest absolute Gasteiger partial charge is 0.269 e. The van der Waals surface area contributed by atoms with Crippen molar-refractivity contribution >= 4 is 18.1 Å². The number of halogens is 1. The number of aliphatic hydroxyl groups is 1. The Kier molecular flexibility index (Phi) is 5.33. The van der Waals surface area contributed by atoms with Gasteiger partial charge in [-0.15, -0.1) is 12.4 Å². The third kappa shape index (κ3) is 3.45. The van der Waals surface area contributed by atoms with Gasteiger partial charge in [-0.25, -0.2) is 0 Å². The van der Waals surface area contributed by atoms with Crippen LogP contribution in [-0.2, 0) is 6.42 Å². The van der Waals surface area contributed by atoms with E-state index in [-0.39, 0.29) is 18.1 Å². The van der Waals surface area contributed by atoms with Gasteiger partial charge in [-0.1, -0.05) is 12.1 Å². The van der Waals surface area contributed by atoms with Crippen LogP contribution in [0.2, 0.25) is 0 Å². The third-order valence-electron chi connectivity index (χ3n) is 1.58. The summed E-state index contributed by atoms with van der Waals surface area (Å²) in [4.78, 5) is 9.93. The lowest BCUT2D eigenvalue weighted by atomic mass is 10.1. The van der Waals surface area contributed by atoms with E-state index in [1.807, 2.05) is 0 Å². The van der Waals surface area contributed by atoms with Gasteiger partial charge in [0, 0.05) is 12.1 Å². The van der Waals surface area contributed by atoms with Crippen molar-refractivity contribution in [3.63, 3.8) is 0 Å². The minimum absolute atomic E-state index is 0. The Balaban J connectivity index is 0.00000169. The first-order chi connectivity index (χ1) is 6.24. The number of nitro groups is 1. The molecule has 0 bridgehead atoms. The highest BCUT2D eigenvalue weighted by molar-refractivity contribution is 5.85. The number of rotatable bonds is 3. The Hall–Kier alpha value is -1.55. The molecule has 0 aliphatic rings. The van der Waals surface area contributed by atoms with E-state index >= 15 is 0 Å². The van der Waals surface area contributed by atoms with Crippen molar-refractivity contribution in [1.82, 2.24) is 0 Å². The maximum Gasteiger partial charge on any atom is 0.269 e. The SMILES string of the molecule is Cl.O=[N+]([O-])c1cccc(C/C=C\O)c1. The van der Waals surface area contributed by atoms with Crippen LogP contribution in [0.25, 0.3) is 0 Å². The maximum absolute atomic E-state index is 10.4. The summed E-state index contributed by atoms with van der Waals surface area (Å²) in [6.07, 6.45) is 2.95. The van der Waals surface area contributed by atoms with E-state index in [1.54, 1.807) is 12.1 Å². The van der Waals surface area contributed by atoms with Crippen LogP contribution in [-0.4, -0.2) is 10.0 Å². The van der Waals surface area contributed by atoms with Gasteiger partial charge in [0.2, 0.25) is 0 Å². The molecule has 0 fully saturated rings. The summed E-state index contributed by atoms with van der Waals surface area (Å²) in [5.41, 5.74) is 0.878. The summed E-state index contributed by atoms with van der Waals surface area (Å²) in [5.74, 6) is 0. The van der Waals surface area contributed by atoms with Crippen LogP contribution < -0.4 is 0 Å². The molecule has 0 atom stereocenters. The molecule has 4 nitrogen and oxygen atoms in total. The van der Waals surface area contributed by atoms with Crippen molar-refractivity contribution in [2.24, 2.45) is 0 Å². The van der Waals surface area contributed by atoms with E-state index in [2.05, 4.69) is 0 Å². The first-order valence-electron chi connectivity index (χ1n) is 3.76. The van der Waals surface area contributed by atoms with Crippen molar-refractivity contribution in [3.05, 3.63) is 52.3 Å². The zero-order chi connectivity index (χ0) is 9.68. The molecule has 0 spiro atoms. The minimum atomic E-state index is -0.438. The van der Waals surface area contributed by atoms with E-state index in [1.165, 1.54) is 18.2 Å². The monoisotopic (exact) mass is 215 g/mol. The predicted molar refractivity (Wildman–Crippen MR) is 55.8 cm³/mol. The average Bonchev–Trinajstić information content (AvgIpc) is 2.15. The van der Waals surface area contributed by atoms with Gasteiger partial charge in [-0.2, -0.15) is 0 Å². The minimum Gasteiger partial charge on any atom is -0.516 e. The van der Waals surface area contributed by atoms with Crippen LogP contribution in [0.15, 0.2) is 36.6 Å². The molecule has 0 unspecified atom stereocenters. The molecule has 0 heterocycles. The first-order valence-corrected chi connectivity index (χ1v) is 3.76. The number of allylic oxidation sites excluding steroid dienone is 1. The first kappa shape index (κ1) is 12.4. The molecule has 1 aromatic carbocycles. The molecule has 0 amide bonds. The Morgan fingerprint density at radius 3 is 2.79 bits per heavy atom. The molecule has 1 rings (SSSR count). The van der Waals surface area contributed by atoms with E-state index in [9.17, 15) is 10.1 Å². The molecule has 0 saturated carbocycles. The summed E-state index contributed by atoms with van der Waals surface area (Å²) in [6, 6.07) is 6.32. The van der Waals surface area contributed by atoms with Gasteiger partial charge in [0.05, 0.1) is 11.2 Å². The van der Waals surface area contributed by atoms with E-state index in [0.29, 0.717) is 6.42 Å². The normalized spacial score (nSPS) is 9.71. The largest absolute Gasteiger partial charge is 0.516 e. The lowest BCUT2D eigenvalue weighted by Crippen LogP contribution is -1.89. The summed E-state index contributed by atoms with van der Waals surface area (Å²) in [7, 11) is 0. The van der Waals surface area contributed by atoms with Crippen molar-refractivity contribution in [2.75, 3.05) is 0 Å². The Bertz CT molecular complexity index is 339. The summed E-state index contributed by atoms with van der Waals surface area (Å²) in [6.45, 7) is 0. The molecule has 0 aromatic heterocycles. The van der Waals surface area contributed by atoms with Gasteiger partial charge < -0.3 is 5.11 Å². The highest BCUT2D eigenvalue weighted by Gasteiger charge is 2.03. The van der Waals surface area contributed by atoms with Crippen molar-refractivity contribution < 1.29 is 10.0 Å². The number of nitro benzene ring substituents is 1. The lowest BCUT2D eigenvalue weighted by molar-refractivity contribution is -0.384. The average molecular weight is 216 g/mol. The number of non-ortho nitro benzene ring substituents is 1. The molecule has 0 saturated heterocycles. The van der Waals surface area contributed by atoms with Crippen LogP contribution in [0.4, 0.5) is 5.69 Å². The van der Waals surface area contributed by atoms with Crippen LogP contribution in [0.1, 0.15) is 5.56 Å². The molecule has 0 aliphatic carbocycles. The molecule has 1 N–H and O–H groups in total. The molecular formula is C9H10ClNO3. The quantitative estimate of drug-likeness (QED) is 0.479. The van der Waals surface area contributed by atoms with Crippen LogP contribution in [0.3, 0.4) is 0 Å². The fourth-order valence-electron chi connectivity index (χ4n) is 0.986. The zero-order valence-corrected chi connectivity index (χ0v) is 8.11. The second-order valence-corrected chi connectivity index (χ2v) is 2.52. The van der Waals surface area contributed by atoms with Gasteiger partial charge in [-0.3, -0.25) is 10.1 Å². The fraction of sp³-hybridized carbons (Fsp3) is 0.111. The summed E-state index contributed by atoms with van der Waals surface area (Å²) in [5, 5.41) is 18.8. The van der Waals surface area contributed by atoms with Crippen LogP contribution in [0.5, 0.6) is 0 Å². The molecular weight excluding hydrogens is 206 g/mol. The predicted octanol–water partition coefficient (Wildman–Crippen LogP) is 2.63. The fourth-order valence-corrected chi connectivity index (χ4v) is 0.986. The molecule has 1 aromatic rings. The Morgan fingerprint density at radius 2 is 2.21 bits per heavy atom. The van der Waals surface area contributed by atoms with Crippen molar-refractivity contribution in [3.8, 4) is 0 Å². The number of hydrogen-bond acceptors (Lipinski definition) is 3. The Morgan fingerprint density at radius 1 is 1.50 bits per heavy atom. The molecule has 0 radical (unpaired) electrons. The lowest BCUT2D eigenvalue weighted by Gasteiger charge is -1.95. The van der Waals surface area contributed by atoms with E-state index in [0.717, 1.165) is 11.8 Å². The van der Waals surface area contributed by atoms with Crippen molar-refractivity contribution in [2.45, 2.75) is 6.42 Å². The topological polar surface area (TPSA) is 63.4 Å². The highest BCUT2D eigenvalue weighted by Crippen LogP contribution is 2.13. The van der Waals surface area contributed by atoms with Gasteiger partial charge in [0.1, 0.15) is 0 Å². The van der Waals surface area contributed by atoms with Gasteiger partial charge in [0.15, 0.2) is 0 Å². The third-order valence-corrected chi connectivity index (χ3v) is 1.58. The zero-order valence-electron chi connectivity index (χ0n) is 7.29. The van der Waals surface area contributed by atoms with Gasteiger partial charge in [-0.05, 0) is 18.1 Å². The standard InChI is InChI=1S/C9H9NO3.ClH/c11-6-2-4-8-3-1-5-9(7-8)10(12)13;/h1-3,5-7,11H,4H2;1H/b6-2-;. The van der Waals surface area contributed by atoms with Gasteiger partial charge in [0.25, 0.3) is 5.69 Å². The number of benzene rings is 1.